The highest BCUT2D eigenvalue weighted by molar-refractivity contribution is 5.96. The van der Waals surface area contributed by atoms with Crippen molar-refractivity contribution in [1.82, 2.24) is 19.6 Å². The van der Waals surface area contributed by atoms with Gasteiger partial charge in [0.2, 0.25) is 11.8 Å². The average molecular weight is 480 g/mol. The molecule has 0 radical (unpaired) electrons. The minimum Gasteiger partial charge on any atom is -0.338 e. The van der Waals surface area contributed by atoms with Gasteiger partial charge in [-0.2, -0.15) is 5.10 Å². The molecule has 3 heterocycles. The van der Waals surface area contributed by atoms with E-state index in [-0.39, 0.29) is 29.6 Å². The Morgan fingerprint density at radius 1 is 1.11 bits per heavy atom. The van der Waals surface area contributed by atoms with Gasteiger partial charge in [0.25, 0.3) is 5.91 Å². The molecule has 188 valence electrons. The van der Waals surface area contributed by atoms with Crippen molar-refractivity contribution in [1.29, 1.82) is 0 Å². The first-order chi connectivity index (χ1) is 16.8. The number of aryl methyl sites for hydroxylation is 2. The van der Waals surface area contributed by atoms with Crippen LogP contribution < -0.4 is 5.32 Å². The molecule has 1 aromatic carbocycles. The van der Waals surface area contributed by atoms with Gasteiger partial charge in [-0.25, -0.2) is 0 Å². The average Bonchev–Trinajstić information content (AvgIpc) is 3.21. The number of fused-ring (bicyclic) bond motifs is 1. The number of carbonyl (C=O) groups is 3. The standard InChI is InChI=1S/C27H37N5O3/c1-5-19(6-2)26(34)32-15-13-23-21(17-32)24(29-30(23)4)27(35)31-14-9-11-20(16-31)25(33)28-22-12-8-7-10-18(22)3/h7-8,10,12,19-20H,5-6,9,11,13-17H2,1-4H3,(H,28,33)/t20-/m1/s1. The summed E-state index contributed by atoms with van der Waals surface area (Å²) in [4.78, 5) is 43.2. The summed E-state index contributed by atoms with van der Waals surface area (Å²) in [5, 5.41) is 7.61. The summed E-state index contributed by atoms with van der Waals surface area (Å²) in [5.41, 5.74) is 4.12. The first-order valence-corrected chi connectivity index (χ1v) is 12.8. The highest BCUT2D eigenvalue weighted by Crippen LogP contribution is 2.27. The van der Waals surface area contributed by atoms with Crippen molar-refractivity contribution in [2.75, 3.05) is 25.0 Å². The molecule has 0 saturated carbocycles. The van der Waals surface area contributed by atoms with Crippen LogP contribution in [0.5, 0.6) is 0 Å². The summed E-state index contributed by atoms with van der Waals surface area (Å²) in [6.07, 6.45) is 3.85. The minimum atomic E-state index is -0.264. The maximum Gasteiger partial charge on any atom is 0.274 e. The third kappa shape index (κ3) is 5.11. The molecule has 2 aromatic rings. The van der Waals surface area contributed by atoms with Gasteiger partial charge >= 0.3 is 0 Å². The van der Waals surface area contributed by atoms with Crippen molar-refractivity contribution < 1.29 is 14.4 Å². The number of aromatic nitrogens is 2. The van der Waals surface area contributed by atoms with Gasteiger partial charge in [-0.15, -0.1) is 0 Å². The van der Waals surface area contributed by atoms with Crippen LogP contribution >= 0.6 is 0 Å². The summed E-state index contributed by atoms with van der Waals surface area (Å²) in [6, 6.07) is 7.71. The van der Waals surface area contributed by atoms with Gasteiger partial charge < -0.3 is 15.1 Å². The molecule has 3 amide bonds. The lowest BCUT2D eigenvalue weighted by molar-refractivity contribution is -0.136. The molecule has 35 heavy (non-hydrogen) atoms. The number of benzene rings is 1. The molecule has 0 bridgehead atoms. The van der Waals surface area contributed by atoms with Gasteiger partial charge in [0.15, 0.2) is 5.69 Å². The maximum absolute atomic E-state index is 13.6. The van der Waals surface area contributed by atoms with Crippen LogP contribution in [0.25, 0.3) is 0 Å². The zero-order valence-electron chi connectivity index (χ0n) is 21.3. The highest BCUT2D eigenvalue weighted by Gasteiger charge is 2.35. The number of nitrogens with zero attached hydrogens (tertiary/aromatic N) is 4. The van der Waals surface area contributed by atoms with Crippen LogP contribution in [-0.4, -0.2) is 56.9 Å². The molecule has 1 aromatic heterocycles. The van der Waals surface area contributed by atoms with E-state index in [1.54, 1.807) is 9.58 Å². The predicted molar refractivity (Wildman–Crippen MR) is 135 cm³/mol. The number of nitrogens with one attached hydrogen (secondary N) is 1. The number of hydrogen-bond acceptors (Lipinski definition) is 4. The highest BCUT2D eigenvalue weighted by atomic mass is 16.2. The van der Waals surface area contributed by atoms with Crippen molar-refractivity contribution in [2.45, 2.75) is 59.4 Å². The Hall–Kier alpha value is -3.16. The Labute approximate surface area is 207 Å². The molecule has 1 saturated heterocycles. The summed E-state index contributed by atoms with van der Waals surface area (Å²) < 4.78 is 1.79. The van der Waals surface area contributed by atoms with Crippen LogP contribution in [0.1, 0.15) is 66.8 Å². The number of piperidine rings is 1. The van der Waals surface area contributed by atoms with Crippen LogP contribution in [0.4, 0.5) is 5.69 Å². The van der Waals surface area contributed by atoms with E-state index in [0.717, 1.165) is 48.2 Å². The van der Waals surface area contributed by atoms with E-state index in [2.05, 4.69) is 10.4 Å². The molecule has 0 spiro atoms. The number of rotatable bonds is 6. The predicted octanol–water partition coefficient (Wildman–Crippen LogP) is 3.54. The number of hydrogen-bond donors (Lipinski definition) is 1. The fourth-order valence-corrected chi connectivity index (χ4v) is 5.32. The molecule has 2 aliphatic heterocycles. The van der Waals surface area contributed by atoms with Crippen LogP contribution in [0.15, 0.2) is 24.3 Å². The van der Waals surface area contributed by atoms with E-state index in [0.29, 0.717) is 38.3 Å². The van der Waals surface area contributed by atoms with E-state index in [1.807, 2.05) is 57.0 Å². The molecular formula is C27H37N5O3. The van der Waals surface area contributed by atoms with Gasteiger partial charge in [-0.1, -0.05) is 32.0 Å². The fourth-order valence-electron chi connectivity index (χ4n) is 5.32. The van der Waals surface area contributed by atoms with Crippen molar-refractivity contribution in [2.24, 2.45) is 18.9 Å². The normalized spacial score (nSPS) is 17.9. The molecule has 8 nitrogen and oxygen atoms in total. The topological polar surface area (TPSA) is 87.5 Å². The zero-order chi connectivity index (χ0) is 25.1. The second-order valence-corrected chi connectivity index (χ2v) is 9.82. The quantitative estimate of drug-likeness (QED) is 0.687. The fraction of sp³-hybridized carbons (Fsp3) is 0.556. The van der Waals surface area contributed by atoms with Gasteiger partial charge in [0, 0.05) is 62.5 Å². The summed E-state index contributed by atoms with van der Waals surface area (Å²) in [6.45, 7) is 8.11. The van der Waals surface area contributed by atoms with Crippen molar-refractivity contribution in [3.63, 3.8) is 0 Å². The van der Waals surface area contributed by atoms with Crippen LogP contribution in [0.3, 0.4) is 0 Å². The van der Waals surface area contributed by atoms with E-state index in [1.165, 1.54) is 0 Å². The summed E-state index contributed by atoms with van der Waals surface area (Å²) >= 11 is 0. The van der Waals surface area contributed by atoms with E-state index >= 15 is 0 Å². The van der Waals surface area contributed by atoms with E-state index < -0.39 is 0 Å². The Balaban J connectivity index is 1.48. The third-order valence-electron chi connectivity index (χ3n) is 7.57. The summed E-state index contributed by atoms with van der Waals surface area (Å²) in [7, 11) is 1.86. The number of amides is 3. The molecule has 0 unspecified atom stereocenters. The van der Waals surface area contributed by atoms with E-state index in [9.17, 15) is 14.4 Å². The Bertz CT molecular complexity index is 1100. The first-order valence-electron chi connectivity index (χ1n) is 12.8. The maximum atomic E-state index is 13.6. The lowest BCUT2D eigenvalue weighted by Crippen LogP contribution is -2.44. The smallest absolute Gasteiger partial charge is 0.274 e. The van der Waals surface area contributed by atoms with E-state index in [4.69, 9.17) is 0 Å². The van der Waals surface area contributed by atoms with Crippen LogP contribution in [0.2, 0.25) is 0 Å². The monoisotopic (exact) mass is 479 g/mol. The molecule has 1 atom stereocenters. The second kappa shape index (κ2) is 10.6. The number of para-hydroxylation sites is 1. The van der Waals surface area contributed by atoms with Crippen molar-refractivity contribution in [3.05, 3.63) is 46.8 Å². The lowest BCUT2D eigenvalue weighted by atomic mass is 9.95. The molecular weight excluding hydrogens is 442 g/mol. The molecule has 0 aliphatic carbocycles. The summed E-state index contributed by atoms with van der Waals surface area (Å²) in [5.74, 6) is -0.288. The van der Waals surface area contributed by atoms with Gasteiger partial charge in [-0.05, 0) is 44.2 Å². The van der Waals surface area contributed by atoms with Crippen molar-refractivity contribution in [3.8, 4) is 0 Å². The Kier molecular flexibility index (Phi) is 7.57. The molecule has 1 fully saturated rings. The number of anilines is 1. The second-order valence-electron chi connectivity index (χ2n) is 9.82. The first kappa shape index (κ1) is 24.9. The van der Waals surface area contributed by atoms with Crippen molar-refractivity contribution >= 4 is 23.4 Å². The SMILES string of the molecule is CCC(CC)C(=O)N1CCc2c(c(C(=O)N3CCC[C@@H](C(=O)Nc4ccccc4C)C3)nn2C)C1. The molecule has 8 heteroatoms. The zero-order valence-corrected chi connectivity index (χ0v) is 21.3. The lowest BCUT2D eigenvalue weighted by Gasteiger charge is -2.33. The Morgan fingerprint density at radius 2 is 1.86 bits per heavy atom. The largest absolute Gasteiger partial charge is 0.338 e. The molecule has 2 aliphatic rings. The van der Waals surface area contributed by atoms with Crippen LogP contribution in [0, 0.1) is 18.8 Å². The number of likely N-dealkylation sites (tertiary alicyclic amines) is 1. The minimum absolute atomic E-state index is 0.0157. The molecule has 4 rings (SSSR count). The number of carbonyl (C=O) groups excluding carboxylic acids is 3. The van der Waals surface area contributed by atoms with Gasteiger partial charge in [0.05, 0.1) is 5.92 Å². The van der Waals surface area contributed by atoms with Gasteiger partial charge in [-0.3, -0.25) is 19.1 Å². The third-order valence-corrected chi connectivity index (χ3v) is 7.57. The van der Waals surface area contributed by atoms with Crippen LogP contribution in [-0.2, 0) is 29.6 Å². The molecule has 1 N–H and O–H groups in total. The Morgan fingerprint density at radius 3 is 2.57 bits per heavy atom. The van der Waals surface area contributed by atoms with Gasteiger partial charge in [0.1, 0.15) is 0 Å².